The number of aliphatic carboxylic acids is 1. The molecule has 0 radical (unpaired) electrons. The van der Waals surface area contributed by atoms with Crippen LogP contribution in [-0.2, 0) is 14.3 Å². The third-order valence-electron chi connectivity index (χ3n) is 6.27. The molecule has 2 atom stereocenters. The molecule has 4 rings (SSSR count). The highest BCUT2D eigenvalue weighted by molar-refractivity contribution is 5.87. The molecule has 7 nitrogen and oxygen atoms in total. The Bertz CT molecular complexity index is 1090. The number of ether oxygens (including phenoxy) is 1. The minimum Gasteiger partial charge on any atom is -0.480 e. The Morgan fingerprint density at radius 1 is 1.09 bits per heavy atom. The number of alkyl carbamates (subject to hydrolysis) is 1. The van der Waals surface area contributed by atoms with E-state index in [1.165, 1.54) is 6.08 Å². The predicted molar refractivity (Wildman–Crippen MR) is 119 cm³/mol. The van der Waals surface area contributed by atoms with Gasteiger partial charge in [0.1, 0.15) is 19.1 Å². The first-order chi connectivity index (χ1) is 16.3. The van der Waals surface area contributed by atoms with Gasteiger partial charge in [0.05, 0.1) is 5.92 Å². The Labute approximate surface area is 195 Å². The SMILES string of the molecule is C=CCN(CC(=O)O)C(=O)[C@@H]1[C@H](CNC(=O)OCC2c3ccccc3-c3ccccc32)C1(F)F. The zero-order chi connectivity index (χ0) is 24.5. The van der Waals surface area contributed by atoms with Gasteiger partial charge in [-0.3, -0.25) is 9.59 Å². The van der Waals surface area contributed by atoms with Crippen molar-refractivity contribution in [2.24, 2.45) is 11.8 Å². The maximum Gasteiger partial charge on any atom is 0.407 e. The zero-order valence-corrected chi connectivity index (χ0v) is 18.2. The fourth-order valence-corrected chi connectivity index (χ4v) is 4.57. The number of nitrogens with zero attached hydrogens (tertiary/aromatic N) is 1. The number of rotatable bonds is 9. The third kappa shape index (κ3) is 4.37. The van der Waals surface area contributed by atoms with Gasteiger partial charge in [-0.05, 0) is 22.3 Å². The quantitative estimate of drug-likeness (QED) is 0.547. The van der Waals surface area contributed by atoms with Crippen molar-refractivity contribution in [2.45, 2.75) is 11.8 Å². The van der Waals surface area contributed by atoms with E-state index in [-0.39, 0.29) is 19.1 Å². The van der Waals surface area contributed by atoms with Crippen molar-refractivity contribution in [3.63, 3.8) is 0 Å². The molecule has 0 bridgehead atoms. The number of halogens is 2. The number of nitrogens with one attached hydrogen (secondary N) is 1. The normalized spacial score (nSPS) is 19.5. The average Bonchev–Trinajstić information content (AvgIpc) is 3.21. The molecule has 1 fully saturated rings. The number of carboxylic acid groups (broad SMARTS) is 1. The highest BCUT2D eigenvalue weighted by atomic mass is 19.3. The minimum absolute atomic E-state index is 0.0367. The second-order valence-corrected chi connectivity index (χ2v) is 8.37. The number of hydrogen-bond acceptors (Lipinski definition) is 4. The summed E-state index contributed by atoms with van der Waals surface area (Å²) in [5, 5.41) is 11.2. The van der Waals surface area contributed by atoms with E-state index in [4.69, 9.17) is 9.84 Å². The van der Waals surface area contributed by atoms with Gasteiger partial charge in [0.2, 0.25) is 5.91 Å². The molecule has 0 spiro atoms. The Morgan fingerprint density at radius 2 is 1.68 bits per heavy atom. The number of alkyl halides is 2. The van der Waals surface area contributed by atoms with Gasteiger partial charge in [0, 0.05) is 19.0 Å². The van der Waals surface area contributed by atoms with Crippen LogP contribution in [0, 0.1) is 11.8 Å². The average molecular weight is 470 g/mol. The van der Waals surface area contributed by atoms with Crippen molar-refractivity contribution < 1.29 is 33.0 Å². The molecular formula is C25H24F2N2O5. The first kappa shape index (κ1) is 23.4. The van der Waals surface area contributed by atoms with E-state index in [1.807, 2.05) is 48.5 Å². The van der Waals surface area contributed by atoms with Crippen molar-refractivity contribution in [3.05, 3.63) is 72.3 Å². The molecule has 2 N–H and O–H groups in total. The molecular weight excluding hydrogens is 446 g/mol. The van der Waals surface area contributed by atoms with Crippen molar-refractivity contribution in [1.29, 1.82) is 0 Å². The van der Waals surface area contributed by atoms with E-state index in [1.54, 1.807) is 0 Å². The number of amides is 2. The van der Waals surface area contributed by atoms with Gasteiger partial charge in [-0.1, -0.05) is 54.6 Å². The van der Waals surface area contributed by atoms with Crippen LogP contribution < -0.4 is 5.32 Å². The molecule has 0 aliphatic heterocycles. The maximum absolute atomic E-state index is 14.2. The number of benzene rings is 2. The number of carbonyl (C=O) groups excluding carboxylic acids is 2. The summed E-state index contributed by atoms with van der Waals surface area (Å²) in [5.74, 6) is -8.93. The van der Waals surface area contributed by atoms with Gasteiger partial charge >= 0.3 is 12.1 Å². The van der Waals surface area contributed by atoms with Crippen molar-refractivity contribution >= 4 is 18.0 Å². The number of carbonyl (C=O) groups is 3. The molecule has 9 heteroatoms. The van der Waals surface area contributed by atoms with E-state index in [0.717, 1.165) is 27.2 Å². The van der Waals surface area contributed by atoms with Gasteiger partial charge in [-0.15, -0.1) is 6.58 Å². The van der Waals surface area contributed by atoms with Crippen LogP contribution >= 0.6 is 0 Å². The fourth-order valence-electron chi connectivity index (χ4n) is 4.57. The standard InChI is InChI=1S/C25H24F2N2O5/c1-2-11-29(13-21(30)31)23(32)22-20(25(22,26)27)12-28-24(33)34-14-19-17-9-5-3-7-15(17)16-8-4-6-10-18(16)19/h2-10,19-20,22H,1,11-14H2,(H,28,33)(H,30,31)/t20-,22-/m0/s1. The Hall–Kier alpha value is -3.75. The molecule has 0 heterocycles. The Kier molecular flexibility index (Phi) is 6.37. The van der Waals surface area contributed by atoms with E-state index in [2.05, 4.69) is 11.9 Å². The van der Waals surface area contributed by atoms with Crippen LogP contribution in [0.5, 0.6) is 0 Å². The molecule has 0 aromatic heterocycles. The summed E-state index contributed by atoms with van der Waals surface area (Å²) >= 11 is 0. The highest BCUT2D eigenvalue weighted by Crippen LogP contribution is 2.55. The van der Waals surface area contributed by atoms with E-state index < -0.39 is 48.8 Å². The lowest BCUT2D eigenvalue weighted by Crippen LogP contribution is -2.38. The van der Waals surface area contributed by atoms with E-state index in [9.17, 15) is 23.2 Å². The predicted octanol–water partition coefficient (Wildman–Crippen LogP) is 3.51. The van der Waals surface area contributed by atoms with Gasteiger partial charge < -0.3 is 20.1 Å². The summed E-state index contributed by atoms with van der Waals surface area (Å²) in [7, 11) is 0. The second kappa shape index (κ2) is 9.24. The van der Waals surface area contributed by atoms with Crippen LogP contribution in [0.2, 0.25) is 0 Å². The largest absolute Gasteiger partial charge is 0.480 e. The third-order valence-corrected chi connectivity index (χ3v) is 6.27. The minimum atomic E-state index is -3.34. The van der Waals surface area contributed by atoms with Crippen LogP contribution in [0.25, 0.3) is 11.1 Å². The smallest absolute Gasteiger partial charge is 0.407 e. The zero-order valence-electron chi connectivity index (χ0n) is 18.2. The number of hydrogen-bond donors (Lipinski definition) is 2. The first-order valence-corrected chi connectivity index (χ1v) is 10.8. The molecule has 2 aromatic rings. The topological polar surface area (TPSA) is 95.9 Å². The molecule has 178 valence electrons. The molecule has 2 aromatic carbocycles. The summed E-state index contributed by atoms with van der Waals surface area (Å²) in [4.78, 5) is 36.4. The number of fused-ring (bicyclic) bond motifs is 3. The lowest BCUT2D eigenvalue weighted by molar-refractivity contribution is -0.145. The van der Waals surface area contributed by atoms with Crippen LogP contribution in [0.1, 0.15) is 17.0 Å². The molecule has 2 amide bonds. The first-order valence-electron chi connectivity index (χ1n) is 10.8. The highest BCUT2D eigenvalue weighted by Gasteiger charge is 2.72. The van der Waals surface area contributed by atoms with Crippen LogP contribution in [-0.4, -0.2) is 60.1 Å². The fraction of sp³-hybridized carbons (Fsp3) is 0.320. The summed E-state index contributed by atoms with van der Waals surface area (Å²) in [6.07, 6.45) is 0.412. The Balaban J connectivity index is 1.34. The van der Waals surface area contributed by atoms with Crippen LogP contribution in [0.4, 0.5) is 13.6 Å². The van der Waals surface area contributed by atoms with Gasteiger partial charge in [0.15, 0.2) is 0 Å². The molecule has 1 saturated carbocycles. The van der Waals surface area contributed by atoms with Crippen molar-refractivity contribution in [3.8, 4) is 11.1 Å². The molecule has 2 aliphatic carbocycles. The summed E-state index contributed by atoms with van der Waals surface area (Å²) in [6.45, 7) is 2.12. The van der Waals surface area contributed by atoms with Crippen LogP contribution in [0.3, 0.4) is 0 Å². The van der Waals surface area contributed by atoms with E-state index in [0.29, 0.717) is 0 Å². The molecule has 2 aliphatic rings. The number of carboxylic acids is 1. The maximum atomic E-state index is 14.2. The Morgan fingerprint density at radius 3 is 2.24 bits per heavy atom. The van der Waals surface area contributed by atoms with Crippen LogP contribution in [0.15, 0.2) is 61.2 Å². The van der Waals surface area contributed by atoms with Gasteiger partial charge in [-0.2, -0.15) is 0 Å². The molecule has 0 saturated heterocycles. The van der Waals surface area contributed by atoms with Crippen molar-refractivity contribution in [1.82, 2.24) is 10.2 Å². The van der Waals surface area contributed by atoms with Gasteiger partial charge in [0.25, 0.3) is 5.92 Å². The lowest BCUT2D eigenvalue weighted by Gasteiger charge is -2.18. The lowest BCUT2D eigenvalue weighted by atomic mass is 9.98. The summed E-state index contributed by atoms with van der Waals surface area (Å²) in [5.41, 5.74) is 4.18. The second-order valence-electron chi connectivity index (χ2n) is 8.37. The van der Waals surface area contributed by atoms with Crippen molar-refractivity contribution in [2.75, 3.05) is 26.2 Å². The summed E-state index contributed by atoms with van der Waals surface area (Å²) in [6, 6.07) is 15.6. The molecule has 34 heavy (non-hydrogen) atoms. The summed E-state index contributed by atoms with van der Waals surface area (Å²) < 4.78 is 33.8. The van der Waals surface area contributed by atoms with Gasteiger partial charge in [-0.25, -0.2) is 13.6 Å². The van der Waals surface area contributed by atoms with E-state index >= 15 is 0 Å². The monoisotopic (exact) mass is 470 g/mol. The molecule has 0 unspecified atom stereocenters.